The second-order valence-corrected chi connectivity index (χ2v) is 9.70. The molecule has 188 valence electrons. The van der Waals surface area contributed by atoms with Crippen molar-refractivity contribution in [1.29, 1.82) is 0 Å². The molecule has 1 saturated heterocycles. The first-order valence-corrected chi connectivity index (χ1v) is 10.6. The fourth-order valence-corrected chi connectivity index (χ4v) is 5.92. The van der Waals surface area contributed by atoms with Gasteiger partial charge in [-0.1, -0.05) is 0 Å². The molecular formula is C20H23F7O6. The van der Waals surface area contributed by atoms with Gasteiger partial charge in [-0.05, 0) is 38.0 Å². The molecule has 0 N–H and O–H groups in total. The van der Waals surface area contributed by atoms with Crippen LogP contribution in [0, 0.1) is 17.8 Å². The van der Waals surface area contributed by atoms with Crippen LogP contribution in [0.2, 0.25) is 0 Å². The van der Waals surface area contributed by atoms with Gasteiger partial charge in [-0.25, -0.2) is 18.4 Å². The van der Waals surface area contributed by atoms with Gasteiger partial charge < -0.3 is 18.9 Å². The van der Waals surface area contributed by atoms with E-state index in [1.54, 1.807) is 0 Å². The van der Waals surface area contributed by atoms with Gasteiger partial charge in [-0.3, -0.25) is 0 Å². The number of hydrogen-bond acceptors (Lipinski definition) is 6. The molecule has 6 nitrogen and oxygen atoms in total. The Bertz CT molecular complexity index is 792. The van der Waals surface area contributed by atoms with Crippen molar-refractivity contribution >= 4 is 11.9 Å². The smallest absolute Gasteiger partial charge is 0.394 e. The predicted octanol–water partition coefficient (Wildman–Crippen LogP) is 4.01. The largest absolute Gasteiger partial charge is 0.457 e. The summed E-state index contributed by atoms with van der Waals surface area (Å²) < 4.78 is 112. The van der Waals surface area contributed by atoms with Gasteiger partial charge in [0.25, 0.3) is 5.92 Å². The van der Waals surface area contributed by atoms with Crippen molar-refractivity contribution in [2.24, 2.45) is 17.8 Å². The van der Waals surface area contributed by atoms with Crippen LogP contribution in [-0.4, -0.2) is 60.7 Å². The lowest BCUT2D eigenvalue weighted by molar-refractivity contribution is -0.321. The number of carbonyl (C=O) groups is 2. The maximum absolute atomic E-state index is 13.4. The van der Waals surface area contributed by atoms with Gasteiger partial charge in [0, 0.05) is 18.8 Å². The number of alkyl halides is 7. The molecule has 0 aromatic rings. The fourth-order valence-electron chi connectivity index (χ4n) is 5.92. The van der Waals surface area contributed by atoms with Gasteiger partial charge in [0.15, 0.2) is 18.5 Å². The molecule has 0 aromatic heterocycles. The second-order valence-electron chi connectivity index (χ2n) is 9.70. The normalized spacial score (nSPS) is 38.1. The lowest BCUT2D eigenvalue weighted by atomic mass is 9.51. The molecule has 3 atom stereocenters. The van der Waals surface area contributed by atoms with E-state index in [2.05, 4.69) is 4.74 Å². The molecule has 5 fully saturated rings. The van der Waals surface area contributed by atoms with Crippen LogP contribution in [0.5, 0.6) is 0 Å². The average Bonchev–Trinajstić information content (AvgIpc) is 3.07. The Hall–Kier alpha value is -1.63. The third kappa shape index (κ3) is 4.80. The summed E-state index contributed by atoms with van der Waals surface area (Å²) in [6.07, 6.45) is -7.05. The minimum absolute atomic E-state index is 0.0747. The number of ether oxygens (including phenoxy) is 4. The topological polar surface area (TPSA) is 71.1 Å². The second kappa shape index (κ2) is 7.69. The van der Waals surface area contributed by atoms with Crippen LogP contribution >= 0.6 is 0 Å². The first kappa shape index (κ1) is 24.5. The van der Waals surface area contributed by atoms with Crippen molar-refractivity contribution < 1.29 is 59.3 Å². The van der Waals surface area contributed by atoms with E-state index >= 15 is 0 Å². The molecule has 0 radical (unpaired) electrons. The van der Waals surface area contributed by atoms with Crippen LogP contribution in [0.15, 0.2) is 0 Å². The zero-order valence-corrected chi connectivity index (χ0v) is 17.6. The molecular weight excluding hydrogens is 469 g/mol. The van der Waals surface area contributed by atoms with Crippen LogP contribution in [0.3, 0.4) is 0 Å². The molecule has 4 aliphatic carbocycles. The molecule has 4 saturated carbocycles. The number of halogens is 7. The van der Waals surface area contributed by atoms with Gasteiger partial charge in [-0.15, -0.1) is 0 Å². The Labute approximate surface area is 184 Å². The van der Waals surface area contributed by atoms with E-state index in [1.807, 2.05) is 0 Å². The van der Waals surface area contributed by atoms with Crippen molar-refractivity contribution in [3.63, 3.8) is 0 Å². The Balaban J connectivity index is 1.40. The van der Waals surface area contributed by atoms with E-state index in [0.717, 1.165) is 0 Å². The first-order valence-electron chi connectivity index (χ1n) is 10.6. The van der Waals surface area contributed by atoms with Crippen LogP contribution < -0.4 is 0 Å². The van der Waals surface area contributed by atoms with Crippen molar-refractivity contribution in [3.8, 4) is 0 Å². The molecule has 0 aromatic carbocycles. The van der Waals surface area contributed by atoms with Gasteiger partial charge in [-0.2, -0.15) is 22.0 Å². The molecule has 1 heterocycles. The number of hydrogen-bond donors (Lipinski definition) is 0. The predicted molar refractivity (Wildman–Crippen MR) is 93.1 cm³/mol. The molecule has 1 aliphatic heterocycles. The number of carbonyl (C=O) groups excluding carboxylic acids is 2. The maximum Gasteiger partial charge on any atom is 0.394 e. The van der Waals surface area contributed by atoms with Crippen LogP contribution in [0.4, 0.5) is 30.7 Å². The molecule has 5 aliphatic rings. The van der Waals surface area contributed by atoms with E-state index in [-0.39, 0.29) is 25.4 Å². The minimum atomic E-state index is -5.13. The van der Waals surface area contributed by atoms with Gasteiger partial charge in [0.2, 0.25) is 0 Å². The Morgan fingerprint density at radius 2 is 1.61 bits per heavy atom. The quantitative estimate of drug-likeness (QED) is 0.413. The lowest BCUT2D eigenvalue weighted by Gasteiger charge is -2.62. The Kier molecular flexibility index (Phi) is 5.71. The summed E-state index contributed by atoms with van der Waals surface area (Å²) in [7, 11) is 0. The lowest BCUT2D eigenvalue weighted by Crippen LogP contribution is -2.65. The molecule has 3 unspecified atom stereocenters. The van der Waals surface area contributed by atoms with E-state index in [4.69, 9.17) is 14.2 Å². The SMILES string of the molecule is CC(F)(F)C(=O)OC12CC3CC(C1)C1(OCC(C(=O)OCC(F)(F)CC(F)(F)F)O1)C(C3)C2. The highest BCUT2D eigenvalue weighted by Crippen LogP contribution is 2.64. The minimum Gasteiger partial charge on any atom is -0.457 e. The first-order chi connectivity index (χ1) is 15.0. The third-order valence-electron chi connectivity index (χ3n) is 6.87. The molecule has 5 rings (SSSR count). The van der Waals surface area contributed by atoms with E-state index in [1.165, 1.54) is 0 Å². The van der Waals surface area contributed by atoms with Crippen LogP contribution in [0.1, 0.15) is 45.4 Å². The fraction of sp³-hybridized carbons (Fsp3) is 0.900. The monoisotopic (exact) mass is 492 g/mol. The highest BCUT2D eigenvalue weighted by Gasteiger charge is 2.68. The number of rotatable bonds is 6. The van der Waals surface area contributed by atoms with Gasteiger partial charge >= 0.3 is 24.0 Å². The Morgan fingerprint density at radius 3 is 2.15 bits per heavy atom. The molecule has 1 spiro atoms. The van der Waals surface area contributed by atoms with E-state index in [9.17, 15) is 40.3 Å². The summed E-state index contributed by atoms with van der Waals surface area (Å²) in [6.45, 7) is -1.65. The summed E-state index contributed by atoms with van der Waals surface area (Å²) in [5.74, 6) is -12.8. The van der Waals surface area contributed by atoms with E-state index in [0.29, 0.717) is 26.2 Å². The highest BCUT2D eigenvalue weighted by molar-refractivity contribution is 5.77. The molecule has 0 amide bonds. The van der Waals surface area contributed by atoms with Crippen molar-refractivity contribution in [2.45, 2.75) is 81.0 Å². The van der Waals surface area contributed by atoms with Crippen LogP contribution in [-0.2, 0) is 28.5 Å². The molecule has 33 heavy (non-hydrogen) atoms. The van der Waals surface area contributed by atoms with Gasteiger partial charge in [0.1, 0.15) is 12.0 Å². The standard InChI is InChI=1S/C20H23F7O6/c1-16(21,22)15(29)33-17-4-10-2-11(5-17)20(12(3-10)6-17)31-7-13(32-20)14(28)30-9-18(23,24)8-19(25,26)27/h10-13H,2-9H2,1H3. The van der Waals surface area contributed by atoms with Crippen molar-refractivity contribution in [2.75, 3.05) is 13.2 Å². The summed E-state index contributed by atoms with van der Waals surface area (Å²) in [4.78, 5) is 24.0. The maximum atomic E-state index is 13.4. The average molecular weight is 492 g/mol. The summed E-state index contributed by atoms with van der Waals surface area (Å²) in [6, 6.07) is 0. The number of esters is 2. The Morgan fingerprint density at radius 1 is 1.00 bits per heavy atom. The van der Waals surface area contributed by atoms with Crippen molar-refractivity contribution in [1.82, 2.24) is 0 Å². The molecule has 4 bridgehead atoms. The highest BCUT2D eigenvalue weighted by atomic mass is 19.4. The van der Waals surface area contributed by atoms with Crippen molar-refractivity contribution in [3.05, 3.63) is 0 Å². The van der Waals surface area contributed by atoms with Crippen LogP contribution in [0.25, 0.3) is 0 Å². The zero-order valence-electron chi connectivity index (χ0n) is 17.6. The van der Waals surface area contributed by atoms with Gasteiger partial charge in [0.05, 0.1) is 6.61 Å². The molecule has 13 heteroatoms. The summed E-state index contributed by atoms with van der Waals surface area (Å²) >= 11 is 0. The summed E-state index contributed by atoms with van der Waals surface area (Å²) in [5.41, 5.74) is -1.09. The van der Waals surface area contributed by atoms with E-state index < -0.39 is 72.3 Å². The zero-order chi connectivity index (χ0) is 24.4. The summed E-state index contributed by atoms with van der Waals surface area (Å²) in [5, 5.41) is 0. The third-order valence-corrected chi connectivity index (χ3v) is 6.87.